The minimum Gasteiger partial charge on any atom is -0.354 e. The molecule has 0 aromatic heterocycles. The van der Waals surface area contributed by atoms with Crippen LogP contribution in [0, 0.1) is 0 Å². The summed E-state index contributed by atoms with van der Waals surface area (Å²) in [6.45, 7) is 10.7. The van der Waals surface area contributed by atoms with Gasteiger partial charge in [-0.15, -0.1) is 24.0 Å². The van der Waals surface area contributed by atoms with Gasteiger partial charge in [-0.3, -0.25) is 4.79 Å². The smallest absolute Gasteiger partial charge is 0.241 e. The Bertz CT molecular complexity index is 561. The van der Waals surface area contributed by atoms with Crippen LogP contribution in [0.25, 0.3) is 0 Å². The number of halogens is 1. The second-order valence-corrected chi connectivity index (χ2v) is 7.01. The third-order valence-corrected chi connectivity index (χ3v) is 4.56. The molecule has 1 aromatic rings. The predicted molar refractivity (Wildman–Crippen MR) is 129 cm³/mol. The molecule has 0 saturated heterocycles. The van der Waals surface area contributed by atoms with Gasteiger partial charge in [0, 0.05) is 20.1 Å². The minimum atomic E-state index is 0. The molecule has 28 heavy (non-hydrogen) atoms. The number of nitrogens with zero attached hydrogens (tertiary/aromatic N) is 3. The van der Waals surface area contributed by atoms with Crippen LogP contribution in [-0.2, 0) is 11.3 Å². The summed E-state index contributed by atoms with van der Waals surface area (Å²) in [7, 11) is 3.52. The predicted octanol–water partition coefficient (Wildman–Crippen LogP) is 2.94. The highest BCUT2D eigenvalue weighted by atomic mass is 127. The number of hydrogen-bond acceptors (Lipinski definition) is 3. The molecule has 7 heteroatoms. The molecule has 0 aliphatic rings. The molecule has 1 rings (SSSR count). The van der Waals surface area contributed by atoms with Gasteiger partial charge in [0.05, 0.1) is 13.1 Å². The first-order valence-corrected chi connectivity index (χ1v) is 9.97. The molecule has 0 heterocycles. The van der Waals surface area contributed by atoms with Gasteiger partial charge in [-0.25, -0.2) is 4.99 Å². The van der Waals surface area contributed by atoms with Crippen molar-refractivity contribution in [1.29, 1.82) is 0 Å². The third kappa shape index (κ3) is 11.5. The highest BCUT2D eigenvalue weighted by Crippen LogP contribution is 2.02. The van der Waals surface area contributed by atoms with E-state index in [4.69, 9.17) is 0 Å². The van der Waals surface area contributed by atoms with E-state index in [9.17, 15) is 4.79 Å². The molecule has 0 aliphatic heterocycles. The third-order valence-electron chi connectivity index (χ3n) is 4.56. The monoisotopic (exact) mass is 503 g/mol. The van der Waals surface area contributed by atoms with E-state index in [1.54, 1.807) is 19.0 Å². The molecule has 0 radical (unpaired) electrons. The normalized spacial score (nSPS) is 12.3. The number of nitrogens with one attached hydrogen (secondary N) is 2. The van der Waals surface area contributed by atoms with E-state index in [1.165, 1.54) is 0 Å². The summed E-state index contributed by atoms with van der Waals surface area (Å²) in [6, 6.07) is 10.4. The Balaban J connectivity index is 0.00000729. The Hall–Kier alpha value is -1.35. The molecule has 2 N–H and O–H groups in total. The molecular formula is C21H38IN5O. The topological polar surface area (TPSA) is 60.0 Å². The summed E-state index contributed by atoms with van der Waals surface area (Å²) in [5, 5.41) is 6.60. The molecule has 1 unspecified atom stereocenters. The maximum Gasteiger partial charge on any atom is 0.241 e. The van der Waals surface area contributed by atoms with E-state index in [0.29, 0.717) is 12.5 Å². The summed E-state index contributed by atoms with van der Waals surface area (Å²) in [6.07, 6.45) is 2.20. The van der Waals surface area contributed by atoms with Crippen molar-refractivity contribution in [2.45, 2.75) is 46.2 Å². The Morgan fingerprint density at radius 1 is 1.14 bits per heavy atom. The van der Waals surface area contributed by atoms with E-state index in [-0.39, 0.29) is 42.5 Å². The Kier molecular flexibility index (Phi) is 14.8. The van der Waals surface area contributed by atoms with Crippen molar-refractivity contribution < 1.29 is 4.79 Å². The SMILES string of the molecule is CCN(CC)CCCC(C)NC(=NCc1ccccc1)NCC(=O)N(C)C.I. The highest BCUT2D eigenvalue weighted by Gasteiger charge is 2.09. The van der Waals surface area contributed by atoms with Crippen molar-refractivity contribution in [2.75, 3.05) is 40.3 Å². The first-order chi connectivity index (χ1) is 13.0. The molecule has 1 amide bonds. The zero-order chi connectivity index (χ0) is 20.1. The number of aliphatic imine (C=N–C) groups is 1. The molecule has 1 atom stereocenters. The largest absolute Gasteiger partial charge is 0.354 e. The molecule has 1 aromatic carbocycles. The highest BCUT2D eigenvalue weighted by molar-refractivity contribution is 14.0. The van der Waals surface area contributed by atoms with Crippen LogP contribution in [-0.4, -0.2) is 68.0 Å². The summed E-state index contributed by atoms with van der Waals surface area (Å²) in [5.74, 6) is 0.711. The van der Waals surface area contributed by atoms with Crippen molar-refractivity contribution in [3.05, 3.63) is 35.9 Å². The summed E-state index contributed by atoms with van der Waals surface area (Å²) < 4.78 is 0. The lowest BCUT2D eigenvalue weighted by Gasteiger charge is -2.21. The summed E-state index contributed by atoms with van der Waals surface area (Å²) in [5.41, 5.74) is 1.15. The zero-order valence-corrected chi connectivity index (χ0v) is 20.4. The van der Waals surface area contributed by atoms with E-state index in [1.807, 2.05) is 18.2 Å². The van der Waals surface area contributed by atoms with Gasteiger partial charge in [0.15, 0.2) is 5.96 Å². The molecule has 6 nitrogen and oxygen atoms in total. The Morgan fingerprint density at radius 2 is 1.79 bits per heavy atom. The standard InChI is InChI=1S/C21H37N5O.HI/c1-6-26(7-2)15-11-12-18(3)24-21(23-17-20(27)25(4)5)22-16-19-13-9-8-10-14-19;/h8-10,13-14,18H,6-7,11-12,15-17H2,1-5H3,(H2,22,23,24);1H. The fourth-order valence-electron chi connectivity index (χ4n) is 2.69. The van der Waals surface area contributed by atoms with Crippen molar-refractivity contribution >= 4 is 35.8 Å². The summed E-state index contributed by atoms with van der Waals surface area (Å²) >= 11 is 0. The van der Waals surface area contributed by atoms with Crippen molar-refractivity contribution in [2.24, 2.45) is 4.99 Å². The number of carbonyl (C=O) groups excluding carboxylic acids is 1. The van der Waals surface area contributed by atoms with Gasteiger partial charge in [-0.05, 0) is 45.0 Å². The Morgan fingerprint density at radius 3 is 2.36 bits per heavy atom. The van der Waals surface area contributed by atoms with E-state index in [0.717, 1.165) is 38.0 Å². The number of benzene rings is 1. The number of likely N-dealkylation sites (N-methyl/N-ethyl adjacent to an activating group) is 1. The van der Waals surface area contributed by atoms with Gasteiger partial charge >= 0.3 is 0 Å². The lowest BCUT2D eigenvalue weighted by molar-refractivity contribution is -0.127. The second kappa shape index (κ2) is 15.6. The van der Waals surface area contributed by atoms with Crippen molar-refractivity contribution in [1.82, 2.24) is 20.4 Å². The molecule has 0 aliphatic carbocycles. The van der Waals surface area contributed by atoms with Crippen LogP contribution in [0.15, 0.2) is 35.3 Å². The second-order valence-electron chi connectivity index (χ2n) is 7.01. The molecule has 0 bridgehead atoms. The average Bonchev–Trinajstić information content (AvgIpc) is 2.67. The quantitative estimate of drug-likeness (QED) is 0.277. The van der Waals surface area contributed by atoms with Gasteiger partial charge in [-0.2, -0.15) is 0 Å². The lowest BCUT2D eigenvalue weighted by atomic mass is 10.2. The minimum absolute atomic E-state index is 0. The first kappa shape index (κ1) is 26.6. The van der Waals surface area contributed by atoms with Crippen LogP contribution < -0.4 is 10.6 Å². The van der Waals surface area contributed by atoms with Gasteiger partial charge in [-0.1, -0.05) is 44.2 Å². The molecule has 0 saturated carbocycles. The van der Waals surface area contributed by atoms with Crippen molar-refractivity contribution in [3.8, 4) is 0 Å². The van der Waals surface area contributed by atoms with E-state index < -0.39 is 0 Å². The number of carbonyl (C=O) groups is 1. The fraction of sp³-hybridized carbons (Fsp3) is 0.619. The molecule has 0 fully saturated rings. The number of guanidine groups is 1. The number of hydrogen-bond donors (Lipinski definition) is 2. The van der Waals surface area contributed by atoms with Gasteiger partial charge in [0.25, 0.3) is 0 Å². The van der Waals surface area contributed by atoms with Gasteiger partial charge < -0.3 is 20.4 Å². The number of amides is 1. The summed E-state index contributed by atoms with van der Waals surface area (Å²) in [4.78, 5) is 20.6. The zero-order valence-electron chi connectivity index (χ0n) is 18.1. The van der Waals surface area contributed by atoms with Crippen LogP contribution in [0.1, 0.15) is 39.2 Å². The van der Waals surface area contributed by atoms with Crippen LogP contribution in [0.5, 0.6) is 0 Å². The lowest BCUT2D eigenvalue weighted by Crippen LogP contribution is -2.46. The van der Waals surface area contributed by atoms with Crippen LogP contribution in [0.3, 0.4) is 0 Å². The van der Waals surface area contributed by atoms with Gasteiger partial charge in [0.2, 0.25) is 5.91 Å². The van der Waals surface area contributed by atoms with Gasteiger partial charge in [0.1, 0.15) is 0 Å². The average molecular weight is 503 g/mol. The van der Waals surface area contributed by atoms with E-state index >= 15 is 0 Å². The molecule has 0 spiro atoms. The maximum atomic E-state index is 11.9. The number of rotatable bonds is 11. The van der Waals surface area contributed by atoms with Crippen LogP contribution in [0.2, 0.25) is 0 Å². The van der Waals surface area contributed by atoms with E-state index in [2.05, 4.69) is 53.4 Å². The maximum absolute atomic E-state index is 11.9. The molecule has 160 valence electrons. The van der Waals surface area contributed by atoms with Crippen LogP contribution >= 0.6 is 24.0 Å². The fourth-order valence-corrected chi connectivity index (χ4v) is 2.69. The Labute approximate surface area is 188 Å². The van der Waals surface area contributed by atoms with Crippen LogP contribution in [0.4, 0.5) is 0 Å². The molecular weight excluding hydrogens is 465 g/mol. The van der Waals surface area contributed by atoms with Crippen molar-refractivity contribution in [3.63, 3.8) is 0 Å². The first-order valence-electron chi connectivity index (χ1n) is 9.97.